The predicted octanol–water partition coefficient (Wildman–Crippen LogP) is 2.97. The minimum absolute atomic E-state index is 0.0561. The number of carbonyl (C=O) groups is 4. The zero-order chi connectivity index (χ0) is 22.4. The Morgan fingerprint density at radius 2 is 1.73 bits per heavy atom. The maximum Gasteiger partial charge on any atom is 0.257 e. The van der Waals surface area contributed by atoms with Crippen LogP contribution in [-0.4, -0.2) is 41.1 Å². The molecule has 1 saturated carbocycles. The van der Waals surface area contributed by atoms with E-state index >= 15 is 0 Å². The number of amides is 4. The molecule has 1 N–H and O–H groups in total. The number of benzene rings is 1. The average molecular weight is 412 g/mol. The lowest BCUT2D eigenvalue weighted by molar-refractivity contribution is -0.139. The molecule has 1 unspecified atom stereocenters. The highest BCUT2D eigenvalue weighted by Gasteiger charge is 2.69. The molecule has 7 heteroatoms. The molecule has 0 aromatic heterocycles. The predicted molar refractivity (Wildman–Crippen MR) is 115 cm³/mol. The third-order valence-corrected chi connectivity index (χ3v) is 6.82. The van der Waals surface area contributed by atoms with E-state index in [-0.39, 0.29) is 47.4 Å². The van der Waals surface area contributed by atoms with Crippen LogP contribution in [0.2, 0.25) is 0 Å². The van der Waals surface area contributed by atoms with Gasteiger partial charge in [-0.1, -0.05) is 33.8 Å². The zero-order valence-electron chi connectivity index (χ0n) is 18.2. The minimum atomic E-state index is -0.842. The van der Waals surface area contributed by atoms with E-state index in [9.17, 15) is 19.2 Å². The molecule has 0 spiro atoms. The van der Waals surface area contributed by atoms with Gasteiger partial charge in [-0.05, 0) is 35.1 Å². The molecule has 4 amide bonds. The molecule has 1 heterocycles. The van der Waals surface area contributed by atoms with Crippen molar-refractivity contribution >= 4 is 35.0 Å². The van der Waals surface area contributed by atoms with Crippen molar-refractivity contribution in [3.63, 3.8) is 0 Å². The van der Waals surface area contributed by atoms with Crippen molar-refractivity contribution in [3.05, 3.63) is 36.9 Å². The summed E-state index contributed by atoms with van der Waals surface area (Å²) in [6.45, 7) is 13.5. The third-order valence-electron chi connectivity index (χ3n) is 6.82. The number of rotatable bonds is 6. The summed E-state index contributed by atoms with van der Waals surface area (Å²) in [6, 6.07) is 5.64. The monoisotopic (exact) mass is 411 g/mol. The first-order valence-electron chi connectivity index (χ1n) is 10.1. The van der Waals surface area contributed by atoms with Crippen molar-refractivity contribution in [2.24, 2.45) is 16.7 Å². The second-order valence-electron chi connectivity index (χ2n) is 9.17. The SMILES string of the molecule is C=CCN(C(=O)C1C(C)(C)C1(C)C)C1CC(=O)N(c2ccc(NC(C)=O)cc2)C1=O. The van der Waals surface area contributed by atoms with Crippen molar-refractivity contribution in [1.29, 1.82) is 0 Å². The first kappa shape index (κ1) is 21.7. The van der Waals surface area contributed by atoms with Crippen molar-refractivity contribution in [3.8, 4) is 0 Å². The van der Waals surface area contributed by atoms with Crippen molar-refractivity contribution in [2.75, 3.05) is 16.8 Å². The second-order valence-corrected chi connectivity index (χ2v) is 9.17. The van der Waals surface area contributed by atoms with Gasteiger partial charge in [0.05, 0.1) is 12.1 Å². The molecule has 2 aliphatic rings. The van der Waals surface area contributed by atoms with Crippen LogP contribution < -0.4 is 10.2 Å². The molecular weight excluding hydrogens is 382 g/mol. The highest BCUT2D eigenvalue weighted by molar-refractivity contribution is 6.23. The molecule has 1 aliphatic heterocycles. The molecule has 1 atom stereocenters. The number of nitrogens with zero attached hydrogens (tertiary/aromatic N) is 2. The van der Waals surface area contributed by atoms with E-state index in [0.29, 0.717) is 11.4 Å². The van der Waals surface area contributed by atoms with Crippen molar-refractivity contribution in [1.82, 2.24) is 4.90 Å². The molecule has 1 aromatic carbocycles. The van der Waals surface area contributed by atoms with Crippen LogP contribution >= 0.6 is 0 Å². The Kier molecular flexibility index (Phi) is 5.35. The van der Waals surface area contributed by atoms with Crippen LogP contribution in [0.15, 0.2) is 36.9 Å². The van der Waals surface area contributed by atoms with Crippen molar-refractivity contribution in [2.45, 2.75) is 47.1 Å². The highest BCUT2D eigenvalue weighted by atomic mass is 16.2. The largest absolute Gasteiger partial charge is 0.326 e. The Morgan fingerprint density at radius 1 is 1.17 bits per heavy atom. The average Bonchev–Trinajstić information content (AvgIpc) is 2.88. The van der Waals surface area contributed by atoms with E-state index in [4.69, 9.17) is 0 Å². The maximum absolute atomic E-state index is 13.3. The summed E-state index contributed by atoms with van der Waals surface area (Å²) >= 11 is 0. The fourth-order valence-electron chi connectivity index (χ4n) is 4.52. The van der Waals surface area contributed by atoms with Gasteiger partial charge in [0.25, 0.3) is 5.91 Å². The molecule has 0 bridgehead atoms. The Morgan fingerprint density at radius 3 is 2.20 bits per heavy atom. The number of imide groups is 1. The standard InChI is InChI=1S/C23H29N3O4/c1-7-12-25(21(30)19-22(3,4)23(19,5)6)17-13-18(28)26(20(17)29)16-10-8-15(9-11-16)24-14(2)27/h7-11,17,19H,1,12-13H2,2-6H3,(H,24,27). The van der Waals surface area contributed by atoms with Crippen LogP contribution in [0.3, 0.4) is 0 Å². The third kappa shape index (κ3) is 3.42. The van der Waals surface area contributed by atoms with Crippen LogP contribution in [0.25, 0.3) is 0 Å². The fourth-order valence-corrected chi connectivity index (χ4v) is 4.52. The molecule has 30 heavy (non-hydrogen) atoms. The van der Waals surface area contributed by atoms with Gasteiger partial charge in [-0.2, -0.15) is 0 Å². The molecular formula is C23H29N3O4. The zero-order valence-corrected chi connectivity index (χ0v) is 18.2. The molecule has 1 saturated heterocycles. The van der Waals surface area contributed by atoms with Gasteiger partial charge in [-0.15, -0.1) is 6.58 Å². The van der Waals surface area contributed by atoms with Crippen LogP contribution in [0.4, 0.5) is 11.4 Å². The quantitative estimate of drug-likeness (QED) is 0.576. The summed E-state index contributed by atoms with van der Waals surface area (Å²) in [4.78, 5) is 53.0. The summed E-state index contributed by atoms with van der Waals surface area (Å²) in [7, 11) is 0. The van der Waals surface area contributed by atoms with E-state index < -0.39 is 11.9 Å². The highest BCUT2D eigenvalue weighted by Crippen LogP contribution is 2.68. The molecule has 1 aromatic rings. The molecule has 2 fully saturated rings. The van der Waals surface area contributed by atoms with Crippen LogP contribution in [0.1, 0.15) is 41.0 Å². The Balaban J connectivity index is 1.84. The minimum Gasteiger partial charge on any atom is -0.326 e. The summed E-state index contributed by atoms with van der Waals surface area (Å²) < 4.78 is 0. The second kappa shape index (κ2) is 7.38. The van der Waals surface area contributed by atoms with Crippen molar-refractivity contribution < 1.29 is 19.2 Å². The van der Waals surface area contributed by atoms with E-state index in [1.165, 1.54) is 11.8 Å². The Labute approximate surface area is 177 Å². The van der Waals surface area contributed by atoms with Crippen LogP contribution in [-0.2, 0) is 19.2 Å². The topological polar surface area (TPSA) is 86.8 Å². The summed E-state index contributed by atoms with van der Waals surface area (Å²) in [5.41, 5.74) is 0.645. The number of nitrogens with one attached hydrogen (secondary N) is 1. The molecule has 3 rings (SSSR count). The Hall–Kier alpha value is -2.96. The van der Waals surface area contributed by atoms with Gasteiger partial charge in [-0.3, -0.25) is 19.2 Å². The first-order valence-corrected chi connectivity index (χ1v) is 10.1. The Bertz CT molecular complexity index is 903. The number of carbonyl (C=O) groups excluding carboxylic acids is 4. The van der Waals surface area contributed by atoms with Gasteiger partial charge >= 0.3 is 0 Å². The molecule has 160 valence electrons. The van der Waals surface area contributed by atoms with Gasteiger partial charge in [0.1, 0.15) is 6.04 Å². The molecule has 1 aliphatic carbocycles. The van der Waals surface area contributed by atoms with Gasteiger partial charge < -0.3 is 10.2 Å². The van der Waals surface area contributed by atoms with Crippen LogP contribution in [0.5, 0.6) is 0 Å². The van der Waals surface area contributed by atoms with E-state index in [1.807, 2.05) is 27.7 Å². The summed E-state index contributed by atoms with van der Waals surface area (Å²) in [5.74, 6) is -1.30. The van der Waals surface area contributed by atoms with Gasteiger partial charge in [0.15, 0.2) is 0 Å². The fraction of sp³-hybridized carbons (Fsp3) is 0.478. The lowest BCUT2D eigenvalue weighted by atomic mass is 10.0. The summed E-state index contributed by atoms with van der Waals surface area (Å²) in [5, 5.41) is 2.65. The van der Waals surface area contributed by atoms with Gasteiger partial charge in [0, 0.05) is 25.1 Å². The smallest absolute Gasteiger partial charge is 0.257 e. The normalized spacial score (nSPS) is 22.0. The number of anilines is 2. The lowest BCUT2D eigenvalue weighted by Crippen LogP contribution is -2.47. The van der Waals surface area contributed by atoms with Crippen LogP contribution in [0, 0.1) is 16.7 Å². The maximum atomic E-state index is 13.3. The lowest BCUT2D eigenvalue weighted by Gasteiger charge is -2.27. The van der Waals surface area contributed by atoms with Gasteiger partial charge in [-0.25, -0.2) is 4.90 Å². The summed E-state index contributed by atoms with van der Waals surface area (Å²) in [6.07, 6.45) is 1.53. The molecule has 7 nitrogen and oxygen atoms in total. The number of hydrogen-bond donors (Lipinski definition) is 1. The van der Waals surface area contributed by atoms with Gasteiger partial charge in [0.2, 0.25) is 17.7 Å². The first-order chi connectivity index (χ1) is 13.9. The molecule has 0 radical (unpaired) electrons. The number of hydrogen-bond acceptors (Lipinski definition) is 4. The van der Waals surface area contributed by atoms with E-state index in [2.05, 4.69) is 11.9 Å². The van der Waals surface area contributed by atoms with E-state index in [1.54, 1.807) is 30.3 Å². The van der Waals surface area contributed by atoms with E-state index in [0.717, 1.165) is 4.90 Å².